The molecule has 0 aliphatic carbocycles. The lowest BCUT2D eigenvalue weighted by molar-refractivity contribution is -0.111. The monoisotopic (exact) mass is 511 g/mol. The van der Waals surface area contributed by atoms with Gasteiger partial charge in [-0.2, -0.15) is 0 Å². The van der Waals surface area contributed by atoms with E-state index in [1.54, 1.807) is 7.11 Å². The van der Waals surface area contributed by atoms with Gasteiger partial charge in [0.1, 0.15) is 18.1 Å². The highest BCUT2D eigenvalue weighted by Crippen LogP contribution is 2.42. The van der Waals surface area contributed by atoms with E-state index in [-0.39, 0.29) is 5.78 Å². The van der Waals surface area contributed by atoms with E-state index in [1.165, 1.54) is 6.92 Å². The molecule has 0 saturated carbocycles. The number of Topliss-reactive ketones (excluding diaryl/α,β-unsaturated/α-hetero) is 1. The Morgan fingerprint density at radius 3 is 2.24 bits per heavy atom. The number of halogens is 1. The fourth-order valence-electron chi connectivity index (χ4n) is 4.32. The van der Waals surface area contributed by atoms with Crippen LogP contribution in [0.3, 0.4) is 0 Å². The molecular weight excluding hydrogens is 486 g/mol. The maximum absolute atomic E-state index is 12.9. The molecule has 186 valence electrons. The number of anilines is 2. The van der Waals surface area contributed by atoms with Crippen LogP contribution in [0, 0.1) is 0 Å². The average molecular weight is 512 g/mol. The van der Waals surface area contributed by atoms with Crippen molar-refractivity contribution in [3.8, 4) is 11.5 Å². The molecule has 0 N–H and O–H groups in total. The molecule has 1 unspecified atom stereocenters. The molecule has 1 atom stereocenters. The number of benzene rings is 4. The Bertz CT molecular complexity index is 1420. The lowest BCUT2D eigenvalue weighted by Crippen LogP contribution is -2.38. The number of ether oxygens (including phenoxy) is 2. The molecule has 0 spiro atoms. The van der Waals surface area contributed by atoms with E-state index in [9.17, 15) is 4.79 Å². The summed E-state index contributed by atoms with van der Waals surface area (Å²) in [5.74, 6) is 1.59. The third-order valence-electron chi connectivity index (χ3n) is 6.13. The normalized spacial score (nSPS) is 14.9. The Morgan fingerprint density at radius 2 is 1.54 bits per heavy atom. The van der Waals surface area contributed by atoms with Crippen LogP contribution in [-0.4, -0.2) is 18.7 Å². The standard InChI is InChI=1S/C30H26ClN3O3/c1-21(35)29-32-34(24-11-4-3-5-12-24)30(33(29)23-16-18-25(36-2)19-17-23)26-13-7-9-15-28(26)37-20-22-10-6-8-14-27(22)31/h3-19,30H,20H2,1-2H3. The molecule has 0 bridgehead atoms. The largest absolute Gasteiger partial charge is 0.497 e. The van der Waals surface area contributed by atoms with E-state index in [4.69, 9.17) is 26.2 Å². The van der Waals surface area contributed by atoms with Crippen LogP contribution < -0.4 is 19.4 Å². The van der Waals surface area contributed by atoms with Gasteiger partial charge in [0.25, 0.3) is 0 Å². The molecule has 1 aliphatic rings. The summed E-state index contributed by atoms with van der Waals surface area (Å²) in [6.07, 6.45) is -0.475. The number of carbonyl (C=O) groups excluding carboxylic acids is 1. The fourth-order valence-corrected chi connectivity index (χ4v) is 4.51. The Labute approximate surface area is 221 Å². The minimum absolute atomic E-state index is 0.145. The van der Waals surface area contributed by atoms with E-state index >= 15 is 0 Å². The van der Waals surface area contributed by atoms with Gasteiger partial charge in [-0.1, -0.05) is 66.2 Å². The molecule has 1 aliphatic heterocycles. The molecule has 5 rings (SSSR count). The highest BCUT2D eigenvalue weighted by Gasteiger charge is 2.40. The van der Waals surface area contributed by atoms with Crippen molar-refractivity contribution in [2.24, 2.45) is 5.10 Å². The number of methoxy groups -OCH3 is 1. The van der Waals surface area contributed by atoms with Gasteiger partial charge in [0, 0.05) is 28.8 Å². The molecule has 0 amide bonds. The predicted molar refractivity (Wildman–Crippen MR) is 147 cm³/mol. The number of ketones is 1. The first-order valence-corrected chi connectivity index (χ1v) is 12.3. The third kappa shape index (κ3) is 5.01. The zero-order valence-electron chi connectivity index (χ0n) is 20.5. The second-order valence-electron chi connectivity index (χ2n) is 8.52. The van der Waals surface area contributed by atoms with Gasteiger partial charge in [0.2, 0.25) is 0 Å². The number of nitrogens with zero attached hydrogens (tertiary/aromatic N) is 3. The number of para-hydroxylation sites is 2. The van der Waals surface area contributed by atoms with Crippen LogP contribution >= 0.6 is 11.6 Å². The van der Waals surface area contributed by atoms with Crippen molar-refractivity contribution < 1.29 is 14.3 Å². The molecule has 0 radical (unpaired) electrons. The summed E-state index contributed by atoms with van der Waals surface area (Å²) in [4.78, 5) is 14.8. The molecule has 37 heavy (non-hydrogen) atoms. The van der Waals surface area contributed by atoms with Gasteiger partial charge in [-0.05, 0) is 48.5 Å². The van der Waals surface area contributed by atoms with Crippen LogP contribution in [0.2, 0.25) is 5.02 Å². The van der Waals surface area contributed by atoms with Crippen LogP contribution in [0.5, 0.6) is 11.5 Å². The number of hydrogen-bond acceptors (Lipinski definition) is 6. The number of rotatable bonds is 8. The molecule has 0 aromatic heterocycles. The second kappa shape index (κ2) is 10.8. The summed E-state index contributed by atoms with van der Waals surface area (Å²) in [6, 6.07) is 32.8. The summed E-state index contributed by atoms with van der Waals surface area (Å²) < 4.78 is 11.7. The van der Waals surface area contributed by atoms with Crippen molar-refractivity contribution in [1.82, 2.24) is 0 Å². The van der Waals surface area contributed by atoms with E-state index < -0.39 is 6.17 Å². The van der Waals surface area contributed by atoms with Gasteiger partial charge in [0.05, 0.1) is 12.8 Å². The molecule has 0 fully saturated rings. The number of hydrogen-bond donors (Lipinski definition) is 0. The van der Waals surface area contributed by atoms with Gasteiger partial charge in [0.15, 0.2) is 17.8 Å². The Kier molecular flexibility index (Phi) is 7.10. The zero-order chi connectivity index (χ0) is 25.8. The lowest BCUT2D eigenvalue weighted by Gasteiger charge is -2.33. The predicted octanol–water partition coefficient (Wildman–Crippen LogP) is 6.86. The van der Waals surface area contributed by atoms with Crippen molar-refractivity contribution in [2.75, 3.05) is 17.0 Å². The first-order valence-electron chi connectivity index (χ1n) is 11.9. The number of amidine groups is 1. The van der Waals surface area contributed by atoms with Crippen molar-refractivity contribution in [2.45, 2.75) is 19.7 Å². The van der Waals surface area contributed by atoms with E-state index in [1.807, 2.05) is 113 Å². The molecule has 0 saturated heterocycles. The van der Waals surface area contributed by atoms with Crippen LogP contribution in [0.15, 0.2) is 108 Å². The summed E-state index contributed by atoms with van der Waals surface area (Å²) in [5, 5.41) is 7.31. The highest BCUT2D eigenvalue weighted by atomic mass is 35.5. The molecule has 6 nitrogen and oxygen atoms in total. The number of carbonyl (C=O) groups is 1. The van der Waals surface area contributed by atoms with Crippen LogP contribution in [0.4, 0.5) is 11.4 Å². The molecular formula is C30H26ClN3O3. The maximum Gasteiger partial charge on any atom is 0.198 e. The van der Waals surface area contributed by atoms with Crippen LogP contribution in [0.25, 0.3) is 0 Å². The summed E-state index contributed by atoms with van der Waals surface area (Å²) in [7, 11) is 1.62. The average Bonchev–Trinajstić information content (AvgIpc) is 3.34. The molecule has 1 heterocycles. The SMILES string of the molecule is COc1ccc(N2C(C(C)=O)=NN(c3ccccc3)C2c2ccccc2OCc2ccccc2Cl)cc1. The summed E-state index contributed by atoms with van der Waals surface area (Å²) >= 11 is 6.38. The summed E-state index contributed by atoms with van der Waals surface area (Å²) in [5.41, 5.74) is 3.40. The van der Waals surface area contributed by atoms with Crippen molar-refractivity contribution in [1.29, 1.82) is 0 Å². The van der Waals surface area contributed by atoms with Crippen LogP contribution in [0.1, 0.15) is 24.2 Å². The Hall–Kier alpha value is -4.29. The molecule has 7 heteroatoms. The summed E-state index contributed by atoms with van der Waals surface area (Å²) in [6.45, 7) is 1.83. The topological polar surface area (TPSA) is 54.4 Å². The fraction of sp³-hybridized carbons (Fsp3) is 0.133. The van der Waals surface area contributed by atoms with Crippen molar-refractivity contribution in [3.05, 3.63) is 119 Å². The zero-order valence-corrected chi connectivity index (χ0v) is 21.3. The van der Waals surface area contributed by atoms with E-state index in [0.29, 0.717) is 23.2 Å². The first kappa shape index (κ1) is 24.4. The minimum atomic E-state index is -0.475. The van der Waals surface area contributed by atoms with Gasteiger partial charge >= 0.3 is 0 Å². The number of hydrazone groups is 1. The van der Waals surface area contributed by atoms with Gasteiger partial charge < -0.3 is 9.47 Å². The van der Waals surface area contributed by atoms with Gasteiger partial charge in [-0.25, -0.2) is 5.01 Å². The Balaban J connectivity index is 1.61. The van der Waals surface area contributed by atoms with Crippen molar-refractivity contribution in [3.63, 3.8) is 0 Å². The first-order chi connectivity index (χ1) is 18.1. The van der Waals surface area contributed by atoms with Gasteiger partial charge in [-0.15, -0.1) is 5.10 Å². The molecule has 4 aromatic carbocycles. The van der Waals surface area contributed by atoms with Gasteiger partial charge in [-0.3, -0.25) is 9.69 Å². The minimum Gasteiger partial charge on any atom is -0.497 e. The smallest absolute Gasteiger partial charge is 0.198 e. The quantitative estimate of drug-likeness (QED) is 0.259. The third-order valence-corrected chi connectivity index (χ3v) is 6.50. The van der Waals surface area contributed by atoms with E-state index in [2.05, 4.69) is 0 Å². The van der Waals surface area contributed by atoms with E-state index in [0.717, 1.165) is 28.3 Å². The highest BCUT2D eigenvalue weighted by molar-refractivity contribution is 6.44. The second-order valence-corrected chi connectivity index (χ2v) is 8.93. The van der Waals surface area contributed by atoms with Crippen LogP contribution in [-0.2, 0) is 11.4 Å². The molecule has 4 aromatic rings. The Morgan fingerprint density at radius 1 is 0.865 bits per heavy atom. The lowest BCUT2D eigenvalue weighted by atomic mass is 10.1. The van der Waals surface area contributed by atoms with Crippen molar-refractivity contribution >= 4 is 34.6 Å². The maximum atomic E-state index is 12.9.